The first-order valence-corrected chi connectivity index (χ1v) is 10.6. The minimum atomic E-state index is -0.350. The maximum absolute atomic E-state index is 13.1. The van der Waals surface area contributed by atoms with Gasteiger partial charge in [0.1, 0.15) is 5.82 Å². The van der Waals surface area contributed by atoms with E-state index >= 15 is 0 Å². The summed E-state index contributed by atoms with van der Waals surface area (Å²) in [7, 11) is 0. The first kappa shape index (κ1) is 21.5. The van der Waals surface area contributed by atoms with Crippen LogP contribution < -0.4 is 5.32 Å². The highest BCUT2D eigenvalue weighted by atomic mass is 19.1. The molecule has 1 N–H and O–H groups in total. The molecule has 3 aromatic carbocycles. The molecule has 162 valence electrons. The molecule has 0 aliphatic heterocycles. The Bertz CT molecular complexity index is 1120. The number of halogens is 1. The summed E-state index contributed by atoms with van der Waals surface area (Å²) in [6.45, 7) is 2.62. The van der Waals surface area contributed by atoms with Gasteiger partial charge in [0.15, 0.2) is 11.7 Å². The fourth-order valence-corrected chi connectivity index (χ4v) is 3.74. The quantitative estimate of drug-likeness (QED) is 0.401. The topological polar surface area (TPSA) is 55.1 Å². The summed E-state index contributed by atoms with van der Waals surface area (Å²) in [5, 5.41) is 3.09. The van der Waals surface area contributed by atoms with Crippen LogP contribution in [0.2, 0.25) is 0 Å². The number of nitrogens with zero attached hydrogens (tertiary/aromatic N) is 1. The number of carbonyl (C=O) groups is 1. The number of benzene rings is 3. The molecule has 4 nitrogen and oxygen atoms in total. The van der Waals surface area contributed by atoms with Gasteiger partial charge in [0.2, 0.25) is 5.91 Å². The highest BCUT2D eigenvalue weighted by Gasteiger charge is 2.29. The van der Waals surface area contributed by atoms with Gasteiger partial charge in [0, 0.05) is 30.4 Å². The normalized spacial score (nSPS) is 11.3. The lowest BCUT2D eigenvalue weighted by atomic mass is 9.76. The highest BCUT2D eigenvalue weighted by molar-refractivity contribution is 5.76. The van der Waals surface area contributed by atoms with E-state index in [4.69, 9.17) is 4.42 Å². The van der Waals surface area contributed by atoms with Crippen LogP contribution in [-0.2, 0) is 16.6 Å². The smallest absolute Gasteiger partial charge is 0.220 e. The van der Waals surface area contributed by atoms with Crippen molar-refractivity contribution in [3.8, 4) is 11.3 Å². The second kappa shape index (κ2) is 9.60. The predicted octanol–water partition coefficient (Wildman–Crippen LogP) is 5.54. The van der Waals surface area contributed by atoms with E-state index in [2.05, 4.69) is 41.5 Å². The molecule has 0 saturated carbocycles. The fraction of sp³-hybridized carbons (Fsp3) is 0.185. The number of oxazole rings is 1. The molecular weight excluding hydrogens is 403 g/mol. The SMILES string of the molecule is CC(CNC(=O)CCc1ncc(-c2ccc(F)cc2)o1)(c1ccccc1)c1ccccc1. The number of aryl methyl sites for hydroxylation is 1. The monoisotopic (exact) mass is 428 g/mol. The number of nitrogens with one attached hydrogen (secondary N) is 1. The van der Waals surface area contributed by atoms with E-state index in [1.807, 2.05) is 36.4 Å². The molecule has 0 fully saturated rings. The minimum absolute atomic E-state index is 0.0652. The number of hydrogen-bond acceptors (Lipinski definition) is 3. The Balaban J connectivity index is 1.39. The lowest BCUT2D eigenvalue weighted by Crippen LogP contribution is -2.39. The predicted molar refractivity (Wildman–Crippen MR) is 123 cm³/mol. The van der Waals surface area contributed by atoms with Gasteiger partial charge in [-0.05, 0) is 42.3 Å². The Morgan fingerprint density at radius 1 is 0.938 bits per heavy atom. The standard InChI is InChI=1S/C27H25FN2O2/c1-27(21-8-4-2-5-9-21,22-10-6-3-7-11-22)19-30-25(31)16-17-26-29-18-24(32-26)20-12-14-23(28)15-13-20/h2-15,18H,16-17,19H2,1H3,(H,30,31). The van der Waals surface area contributed by atoms with Crippen molar-refractivity contribution in [3.63, 3.8) is 0 Å². The van der Waals surface area contributed by atoms with Gasteiger partial charge in [-0.3, -0.25) is 4.79 Å². The molecule has 0 unspecified atom stereocenters. The van der Waals surface area contributed by atoms with Crippen molar-refractivity contribution in [1.29, 1.82) is 0 Å². The van der Waals surface area contributed by atoms with Crippen molar-refractivity contribution in [3.05, 3.63) is 114 Å². The van der Waals surface area contributed by atoms with Crippen LogP contribution in [0.5, 0.6) is 0 Å². The largest absolute Gasteiger partial charge is 0.441 e. The van der Waals surface area contributed by atoms with Crippen LogP contribution in [0.15, 0.2) is 95.5 Å². The summed E-state index contributed by atoms with van der Waals surface area (Å²) in [6, 6.07) is 26.4. The van der Waals surface area contributed by atoms with E-state index in [9.17, 15) is 9.18 Å². The molecule has 5 heteroatoms. The second-order valence-corrected chi connectivity index (χ2v) is 7.97. The first-order valence-electron chi connectivity index (χ1n) is 10.6. The first-order chi connectivity index (χ1) is 15.5. The summed E-state index contributed by atoms with van der Waals surface area (Å²) in [4.78, 5) is 16.9. The minimum Gasteiger partial charge on any atom is -0.441 e. The molecule has 1 aromatic heterocycles. The van der Waals surface area contributed by atoms with Gasteiger partial charge >= 0.3 is 0 Å². The average Bonchev–Trinajstić information content (AvgIpc) is 3.32. The number of amides is 1. The van der Waals surface area contributed by atoms with Gasteiger partial charge in [-0.1, -0.05) is 60.7 Å². The Labute approximate surface area is 187 Å². The molecule has 0 aliphatic rings. The lowest BCUT2D eigenvalue weighted by molar-refractivity contribution is -0.121. The maximum atomic E-state index is 13.1. The summed E-state index contributed by atoms with van der Waals surface area (Å²) < 4.78 is 18.8. The van der Waals surface area contributed by atoms with Gasteiger partial charge < -0.3 is 9.73 Å². The van der Waals surface area contributed by atoms with Crippen molar-refractivity contribution in [2.24, 2.45) is 0 Å². The molecule has 0 aliphatic carbocycles. The molecule has 4 aromatic rings. The van der Waals surface area contributed by atoms with Crippen molar-refractivity contribution in [2.45, 2.75) is 25.2 Å². The molecule has 1 amide bonds. The molecule has 0 bridgehead atoms. The van der Waals surface area contributed by atoms with E-state index in [1.54, 1.807) is 18.3 Å². The van der Waals surface area contributed by atoms with Crippen LogP contribution >= 0.6 is 0 Å². The summed E-state index contributed by atoms with van der Waals surface area (Å²) in [5.41, 5.74) is 2.68. The molecule has 0 spiro atoms. The lowest BCUT2D eigenvalue weighted by Gasteiger charge is -2.31. The van der Waals surface area contributed by atoms with Gasteiger partial charge in [0.05, 0.1) is 6.20 Å². The third-order valence-corrected chi connectivity index (χ3v) is 5.71. The zero-order valence-corrected chi connectivity index (χ0v) is 17.9. The average molecular weight is 429 g/mol. The van der Waals surface area contributed by atoms with Gasteiger partial charge in [-0.25, -0.2) is 9.37 Å². The molecule has 0 radical (unpaired) electrons. The van der Waals surface area contributed by atoms with Crippen LogP contribution in [0.1, 0.15) is 30.4 Å². The van der Waals surface area contributed by atoms with E-state index in [-0.39, 0.29) is 23.6 Å². The number of rotatable bonds is 8. The second-order valence-electron chi connectivity index (χ2n) is 7.97. The van der Waals surface area contributed by atoms with Crippen LogP contribution in [0.3, 0.4) is 0 Å². The van der Waals surface area contributed by atoms with Crippen molar-refractivity contribution >= 4 is 5.91 Å². The Kier molecular flexibility index (Phi) is 6.45. The third-order valence-electron chi connectivity index (χ3n) is 5.71. The summed E-state index contributed by atoms with van der Waals surface area (Å²) in [6.07, 6.45) is 2.26. The Hall–Kier alpha value is -3.73. The molecule has 32 heavy (non-hydrogen) atoms. The van der Waals surface area contributed by atoms with Crippen molar-refractivity contribution in [1.82, 2.24) is 10.3 Å². The van der Waals surface area contributed by atoms with Crippen LogP contribution in [0.25, 0.3) is 11.3 Å². The van der Waals surface area contributed by atoms with Crippen LogP contribution in [0, 0.1) is 5.82 Å². The summed E-state index contributed by atoms with van der Waals surface area (Å²) >= 11 is 0. The van der Waals surface area contributed by atoms with E-state index in [0.29, 0.717) is 24.6 Å². The van der Waals surface area contributed by atoms with E-state index in [1.165, 1.54) is 12.1 Å². The van der Waals surface area contributed by atoms with Crippen LogP contribution in [-0.4, -0.2) is 17.4 Å². The maximum Gasteiger partial charge on any atom is 0.220 e. The zero-order valence-electron chi connectivity index (χ0n) is 17.9. The molecule has 1 heterocycles. The molecule has 0 saturated heterocycles. The molecule has 0 atom stereocenters. The van der Waals surface area contributed by atoms with Crippen molar-refractivity contribution < 1.29 is 13.6 Å². The van der Waals surface area contributed by atoms with Gasteiger partial charge in [-0.15, -0.1) is 0 Å². The number of hydrogen-bond donors (Lipinski definition) is 1. The molecular formula is C27H25FN2O2. The number of aromatic nitrogens is 1. The van der Waals surface area contributed by atoms with E-state index in [0.717, 1.165) is 16.7 Å². The highest BCUT2D eigenvalue weighted by Crippen LogP contribution is 2.31. The Morgan fingerprint density at radius 2 is 1.53 bits per heavy atom. The number of carbonyl (C=O) groups excluding carboxylic acids is 1. The van der Waals surface area contributed by atoms with Crippen molar-refractivity contribution in [2.75, 3.05) is 6.54 Å². The molecule has 4 rings (SSSR count). The summed E-state index contributed by atoms with van der Waals surface area (Å²) in [5.74, 6) is 0.669. The van der Waals surface area contributed by atoms with Gasteiger partial charge in [0.25, 0.3) is 0 Å². The van der Waals surface area contributed by atoms with E-state index < -0.39 is 0 Å². The Morgan fingerprint density at radius 3 is 2.12 bits per heavy atom. The van der Waals surface area contributed by atoms with Crippen LogP contribution in [0.4, 0.5) is 4.39 Å². The zero-order chi connectivity index (χ0) is 22.4. The third kappa shape index (κ3) is 4.94. The van der Waals surface area contributed by atoms with Gasteiger partial charge in [-0.2, -0.15) is 0 Å². The fourth-order valence-electron chi connectivity index (χ4n) is 3.74.